The summed E-state index contributed by atoms with van der Waals surface area (Å²) in [6.07, 6.45) is 1.93. The third-order valence-electron chi connectivity index (χ3n) is 2.60. The van der Waals surface area contributed by atoms with E-state index in [-0.39, 0.29) is 11.5 Å². The van der Waals surface area contributed by atoms with E-state index in [9.17, 15) is 9.18 Å². The lowest BCUT2D eigenvalue weighted by Gasteiger charge is -2.22. The monoisotopic (exact) mass is 379 g/mol. The van der Waals surface area contributed by atoms with Crippen LogP contribution in [0.25, 0.3) is 0 Å². The van der Waals surface area contributed by atoms with E-state index in [0.29, 0.717) is 22.9 Å². The number of halogens is 3. The van der Waals surface area contributed by atoms with Crippen LogP contribution in [0.5, 0.6) is 0 Å². The largest absolute Gasteiger partial charge is 0.338 e. The van der Waals surface area contributed by atoms with Crippen molar-refractivity contribution >= 4 is 37.8 Å². The Hall–Kier alpha value is -0.420. The van der Waals surface area contributed by atoms with Crippen LogP contribution in [-0.4, -0.2) is 29.2 Å². The van der Waals surface area contributed by atoms with Crippen molar-refractivity contribution in [1.29, 1.82) is 0 Å². The van der Waals surface area contributed by atoms with Gasteiger partial charge in [0.25, 0.3) is 5.91 Å². The summed E-state index contributed by atoms with van der Waals surface area (Å²) in [5.41, 5.74) is 0.120. The fraction of sp³-hybridized carbons (Fsp3) is 0.462. The molecule has 0 aliphatic rings. The number of nitrogens with zero attached hydrogens (tertiary/aromatic N) is 1. The molecule has 0 aliphatic carbocycles. The first-order valence-electron chi connectivity index (χ1n) is 5.91. The maximum atomic E-state index is 13.7. The van der Waals surface area contributed by atoms with Gasteiger partial charge in [0.1, 0.15) is 5.82 Å². The molecule has 0 atom stereocenters. The Bertz CT molecular complexity index is 392. The van der Waals surface area contributed by atoms with Crippen LogP contribution in [0.15, 0.2) is 22.7 Å². The van der Waals surface area contributed by atoms with E-state index < -0.39 is 5.82 Å². The highest BCUT2D eigenvalue weighted by Gasteiger charge is 2.20. The van der Waals surface area contributed by atoms with E-state index in [1.807, 2.05) is 0 Å². The smallest absolute Gasteiger partial charge is 0.258 e. The third-order valence-corrected chi connectivity index (χ3v) is 3.62. The van der Waals surface area contributed by atoms with Crippen molar-refractivity contribution in [1.82, 2.24) is 4.90 Å². The summed E-state index contributed by atoms with van der Waals surface area (Å²) in [4.78, 5) is 14.0. The topological polar surface area (TPSA) is 20.3 Å². The predicted molar refractivity (Wildman–Crippen MR) is 78.7 cm³/mol. The molecule has 18 heavy (non-hydrogen) atoms. The van der Waals surface area contributed by atoms with Crippen LogP contribution in [0.3, 0.4) is 0 Å². The fourth-order valence-electron chi connectivity index (χ4n) is 1.63. The molecule has 0 spiro atoms. The van der Waals surface area contributed by atoms with Gasteiger partial charge in [0.05, 0.1) is 5.56 Å². The van der Waals surface area contributed by atoms with Gasteiger partial charge >= 0.3 is 0 Å². The zero-order valence-corrected chi connectivity index (χ0v) is 13.4. The second-order valence-corrected chi connectivity index (χ2v) is 5.58. The van der Waals surface area contributed by atoms with Crippen LogP contribution in [0, 0.1) is 5.82 Å². The molecule has 0 heterocycles. The lowest BCUT2D eigenvalue weighted by atomic mass is 10.1. The van der Waals surface area contributed by atoms with Crippen LogP contribution in [0.4, 0.5) is 4.39 Å². The van der Waals surface area contributed by atoms with E-state index in [2.05, 4.69) is 38.8 Å². The minimum Gasteiger partial charge on any atom is -0.338 e. The summed E-state index contributed by atoms with van der Waals surface area (Å²) in [5, 5.41) is 0.689. The summed E-state index contributed by atoms with van der Waals surface area (Å²) in [7, 11) is 0. The molecule has 0 unspecified atom stereocenters. The van der Waals surface area contributed by atoms with E-state index in [4.69, 9.17) is 0 Å². The van der Waals surface area contributed by atoms with Crippen LogP contribution >= 0.6 is 31.9 Å². The minimum absolute atomic E-state index is 0.120. The minimum atomic E-state index is -0.481. The van der Waals surface area contributed by atoms with Gasteiger partial charge in [-0.05, 0) is 34.5 Å². The Morgan fingerprint density at radius 1 is 1.39 bits per heavy atom. The van der Waals surface area contributed by atoms with Crippen molar-refractivity contribution in [2.24, 2.45) is 0 Å². The molecule has 2 nitrogen and oxygen atoms in total. The fourth-order valence-corrected chi connectivity index (χ4v) is 2.57. The number of alkyl halides is 1. The van der Waals surface area contributed by atoms with Crippen molar-refractivity contribution in [2.75, 3.05) is 18.4 Å². The molecule has 0 fully saturated rings. The van der Waals surface area contributed by atoms with Gasteiger partial charge in [-0.3, -0.25) is 4.79 Å². The molecule has 0 saturated heterocycles. The van der Waals surface area contributed by atoms with Gasteiger partial charge in [0, 0.05) is 22.9 Å². The zero-order chi connectivity index (χ0) is 13.5. The van der Waals surface area contributed by atoms with Crippen molar-refractivity contribution in [2.45, 2.75) is 19.8 Å². The van der Waals surface area contributed by atoms with E-state index in [0.717, 1.165) is 12.8 Å². The molecule has 1 amide bonds. The van der Waals surface area contributed by atoms with Crippen molar-refractivity contribution < 1.29 is 9.18 Å². The molecule has 1 aromatic carbocycles. The van der Waals surface area contributed by atoms with Gasteiger partial charge in [0.15, 0.2) is 0 Å². The molecule has 100 valence electrons. The van der Waals surface area contributed by atoms with Gasteiger partial charge < -0.3 is 4.90 Å². The van der Waals surface area contributed by atoms with E-state index in [1.165, 1.54) is 6.07 Å². The second-order valence-electron chi connectivity index (χ2n) is 3.93. The summed E-state index contributed by atoms with van der Waals surface area (Å²) in [6, 6.07) is 4.57. The summed E-state index contributed by atoms with van der Waals surface area (Å²) in [5.74, 6) is -0.738. The standard InChI is InChI=1S/C13H16Br2FNO/c1-2-3-8-17(9-7-14)13(18)12-10(15)5-4-6-11(12)16/h4-6H,2-3,7-9H2,1H3. The van der Waals surface area contributed by atoms with Gasteiger partial charge in [0.2, 0.25) is 0 Å². The van der Waals surface area contributed by atoms with Gasteiger partial charge in [-0.15, -0.1) is 0 Å². The summed E-state index contributed by atoms with van der Waals surface area (Å²) < 4.78 is 14.2. The number of amides is 1. The third kappa shape index (κ3) is 4.05. The average Bonchev–Trinajstić information content (AvgIpc) is 2.34. The van der Waals surface area contributed by atoms with Gasteiger partial charge in [-0.1, -0.05) is 35.3 Å². The number of rotatable bonds is 6. The molecule has 1 rings (SSSR count). The molecular formula is C13H16Br2FNO. The Kier molecular flexibility index (Phi) is 6.86. The van der Waals surface area contributed by atoms with Crippen LogP contribution in [0.2, 0.25) is 0 Å². The van der Waals surface area contributed by atoms with Crippen molar-refractivity contribution in [3.8, 4) is 0 Å². The lowest BCUT2D eigenvalue weighted by molar-refractivity contribution is 0.0758. The van der Waals surface area contributed by atoms with Crippen LogP contribution in [0.1, 0.15) is 30.1 Å². The number of hydrogen-bond acceptors (Lipinski definition) is 1. The van der Waals surface area contributed by atoms with Crippen LogP contribution in [-0.2, 0) is 0 Å². The zero-order valence-electron chi connectivity index (χ0n) is 10.3. The summed E-state index contributed by atoms with van der Waals surface area (Å²) in [6.45, 7) is 3.30. The molecule has 0 aliphatic heterocycles. The molecule has 5 heteroatoms. The van der Waals surface area contributed by atoms with E-state index >= 15 is 0 Å². The molecule has 0 aromatic heterocycles. The van der Waals surface area contributed by atoms with Gasteiger partial charge in [-0.2, -0.15) is 0 Å². The number of hydrogen-bond donors (Lipinski definition) is 0. The lowest BCUT2D eigenvalue weighted by Crippen LogP contribution is -2.34. The van der Waals surface area contributed by atoms with E-state index in [1.54, 1.807) is 17.0 Å². The highest BCUT2D eigenvalue weighted by molar-refractivity contribution is 9.10. The molecule has 0 bridgehead atoms. The Morgan fingerprint density at radius 3 is 2.67 bits per heavy atom. The first kappa shape index (κ1) is 15.6. The second kappa shape index (κ2) is 7.89. The Balaban J connectivity index is 2.94. The first-order valence-corrected chi connectivity index (χ1v) is 7.82. The highest BCUT2D eigenvalue weighted by atomic mass is 79.9. The number of carbonyl (C=O) groups is 1. The Morgan fingerprint density at radius 2 is 2.11 bits per heavy atom. The number of benzene rings is 1. The number of carbonyl (C=O) groups excluding carboxylic acids is 1. The van der Waals surface area contributed by atoms with Gasteiger partial charge in [-0.25, -0.2) is 4.39 Å². The molecule has 0 N–H and O–H groups in total. The maximum absolute atomic E-state index is 13.7. The first-order chi connectivity index (χ1) is 8.61. The molecule has 1 aromatic rings. The van der Waals surface area contributed by atoms with Crippen LogP contribution < -0.4 is 0 Å². The quantitative estimate of drug-likeness (QED) is 0.676. The molecule has 0 radical (unpaired) electrons. The average molecular weight is 381 g/mol. The number of unbranched alkanes of at least 4 members (excludes halogenated alkanes) is 1. The van der Waals surface area contributed by atoms with Crippen molar-refractivity contribution in [3.63, 3.8) is 0 Å². The normalized spacial score (nSPS) is 10.4. The highest BCUT2D eigenvalue weighted by Crippen LogP contribution is 2.21. The molecule has 0 saturated carbocycles. The predicted octanol–water partition coefficient (Wildman–Crippen LogP) is 4.23. The van der Waals surface area contributed by atoms with Crippen molar-refractivity contribution in [3.05, 3.63) is 34.1 Å². The maximum Gasteiger partial charge on any atom is 0.258 e. The molecular weight excluding hydrogens is 365 g/mol. The Labute approximate surface area is 124 Å². The SMILES string of the molecule is CCCCN(CCBr)C(=O)c1c(F)cccc1Br. The summed E-state index contributed by atoms with van der Waals surface area (Å²) >= 11 is 6.56.